The summed E-state index contributed by atoms with van der Waals surface area (Å²) in [5, 5.41) is 9.76. The van der Waals surface area contributed by atoms with Crippen LogP contribution in [0.2, 0.25) is 0 Å². The minimum absolute atomic E-state index is 0.200. The maximum absolute atomic E-state index is 9.76. The zero-order valence-electron chi connectivity index (χ0n) is 10.0. The van der Waals surface area contributed by atoms with Crippen LogP contribution in [-0.4, -0.2) is 33.7 Å². The van der Waals surface area contributed by atoms with E-state index in [4.69, 9.17) is 4.74 Å². The number of benzene rings is 1. The third kappa shape index (κ3) is 3.13. The molecule has 18 heavy (non-hydrogen) atoms. The van der Waals surface area contributed by atoms with Crippen molar-refractivity contribution in [1.29, 1.82) is 0 Å². The van der Waals surface area contributed by atoms with E-state index in [0.717, 1.165) is 5.75 Å². The molecule has 0 aliphatic carbocycles. The molecule has 2 aromatic rings. The Hall–Kier alpha value is -1.75. The second-order valence-electron chi connectivity index (χ2n) is 3.58. The monoisotopic (exact) mass is 262 g/mol. The van der Waals surface area contributed by atoms with Gasteiger partial charge in [0.15, 0.2) is 0 Å². The lowest BCUT2D eigenvalue weighted by Crippen LogP contribution is -2.03. The van der Waals surface area contributed by atoms with Gasteiger partial charge in [0.2, 0.25) is 0 Å². The lowest BCUT2D eigenvalue weighted by atomic mass is 10.1. The molecule has 2 rings (SSSR count). The lowest BCUT2D eigenvalue weighted by Gasteiger charge is -2.06. The van der Waals surface area contributed by atoms with Crippen molar-refractivity contribution in [3.05, 3.63) is 36.5 Å². The zero-order chi connectivity index (χ0) is 12.8. The molecular weight excluding hydrogens is 248 g/mol. The second-order valence-corrected chi connectivity index (χ2v) is 4.57. The first-order valence-corrected chi connectivity index (χ1v) is 6.94. The number of para-hydroxylation sites is 1. The van der Waals surface area contributed by atoms with E-state index in [2.05, 4.69) is 9.97 Å². The smallest absolute Gasteiger partial charge is 0.316 e. The van der Waals surface area contributed by atoms with Gasteiger partial charge in [-0.2, -0.15) is 16.7 Å². The minimum Gasteiger partial charge on any atom is -0.507 e. The number of ether oxygens (including phenoxy) is 1. The Morgan fingerprint density at radius 2 is 2.11 bits per heavy atom. The van der Waals surface area contributed by atoms with Crippen molar-refractivity contribution >= 4 is 11.8 Å². The van der Waals surface area contributed by atoms with Gasteiger partial charge in [-0.3, -0.25) is 0 Å². The molecule has 1 aromatic carbocycles. The first-order valence-electron chi connectivity index (χ1n) is 5.54. The van der Waals surface area contributed by atoms with E-state index in [9.17, 15) is 5.11 Å². The highest BCUT2D eigenvalue weighted by atomic mass is 32.2. The topological polar surface area (TPSA) is 55.2 Å². The molecular formula is C13H14N2O2S. The number of nitrogens with zero attached hydrogens (tertiary/aromatic N) is 2. The number of thioether (sulfide) groups is 1. The fraction of sp³-hybridized carbons (Fsp3) is 0.231. The Kier molecular flexibility index (Phi) is 4.41. The van der Waals surface area contributed by atoms with E-state index < -0.39 is 0 Å². The van der Waals surface area contributed by atoms with Crippen LogP contribution in [0.5, 0.6) is 11.8 Å². The molecule has 0 saturated heterocycles. The third-order valence-electron chi connectivity index (χ3n) is 2.33. The van der Waals surface area contributed by atoms with Crippen molar-refractivity contribution in [2.45, 2.75) is 0 Å². The lowest BCUT2D eigenvalue weighted by molar-refractivity contribution is 0.316. The van der Waals surface area contributed by atoms with Gasteiger partial charge in [-0.1, -0.05) is 12.1 Å². The van der Waals surface area contributed by atoms with Crippen LogP contribution in [0.15, 0.2) is 36.5 Å². The van der Waals surface area contributed by atoms with Crippen LogP contribution >= 0.6 is 11.8 Å². The van der Waals surface area contributed by atoms with Crippen molar-refractivity contribution in [1.82, 2.24) is 9.97 Å². The number of aromatic nitrogens is 2. The largest absolute Gasteiger partial charge is 0.507 e. The SMILES string of the molecule is CSCCOc1nccc(-c2ccccc2O)n1. The van der Waals surface area contributed by atoms with Crippen LogP contribution in [0, 0.1) is 0 Å². The Balaban J connectivity index is 2.19. The second kappa shape index (κ2) is 6.26. The first kappa shape index (κ1) is 12.7. The van der Waals surface area contributed by atoms with Gasteiger partial charge in [0.05, 0.1) is 5.69 Å². The van der Waals surface area contributed by atoms with Gasteiger partial charge in [-0.15, -0.1) is 0 Å². The van der Waals surface area contributed by atoms with Gasteiger partial charge in [-0.05, 0) is 24.5 Å². The summed E-state index contributed by atoms with van der Waals surface area (Å²) >= 11 is 1.70. The van der Waals surface area contributed by atoms with E-state index in [1.807, 2.05) is 18.4 Å². The Bertz CT molecular complexity index is 520. The summed E-state index contributed by atoms with van der Waals surface area (Å²) in [4.78, 5) is 8.32. The normalized spacial score (nSPS) is 10.3. The Labute approximate surface area is 110 Å². The van der Waals surface area contributed by atoms with Gasteiger partial charge >= 0.3 is 6.01 Å². The average Bonchev–Trinajstić information content (AvgIpc) is 2.40. The molecule has 5 heteroatoms. The van der Waals surface area contributed by atoms with E-state index in [0.29, 0.717) is 23.9 Å². The number of rotatable bonds is 5. The number of phenolic OH excluding ortho intramolecular Hbond substituents is 1. The molecule has 1 heterocycles. The van der Waals surface area contributed by atoms with Crippen LogP contribution in [-0.2, 0) is 0 Å². The van der Waals surface area contributed by atoms with E-state index in [1.165, 1.54) is 0 Å². The zero-order valence-corrected chi connectivity index (χ0v) is 10.9. The van der Waals surface area contributed by atoms with Crippen LogP contribution in [0.3, 0.4) is 0 Å². The number of phenols is 1. The molecule has 0 unspecified atom stereocenters. The molecule has 0 atom stereocenters. The maximum Gasteiger partial charge on any atom is 0.316 e. The fourth-order valence-electron chi connectivity index (χ4n) is 1.47. The van der Waals surface area contributed by atoms with Crippen molar-refractivity contribution in [2.75, 3.05) is 18.6 Å². The average molecular weight is 262 g/mol. The third-order valence-corrected chi connectivity index (χ3v) is 2.91. The first-order chi connectivity index (χ1) is 8.81. The summed E-state index contributed by atoms with van der Waals surface area (Å²) in [5.74, 6) is 1.09. The molecule has 0 spiro atoms. The van der Waals surface area contributed by atoms with Crippen molar-refractivity contribution in [2.24, 2.45) is 0 Å². The molecule has 94 valence electrons. The maximum atomic E-state index is 9.76. The highest BCUT2D eigenvalue weighted by Gasteiger charge is 2.06. The summed E-state index contributed by atoms with van der Waals surface area (Å²) in [6.07, 6.45) is 3.64. The van der Waals surface area contributed by atoms with Crippen LogP contribution in [0.4, 0.5) is 0 Å². The van der Waals surface area contributed by atoms with E-state index in [1.54, 1.807) is 36.2 Å². The van der Waals surface area contributed by atoms with Gasteiger partial charge in [-0.25, -0.2) is 4.98 Å². The summed E-state index contributed by atoms with van der Waals surface area (Å²) in [6, 6.07) is 9.15. The quantitative estimate of drug-likeness (QED) is 0.839. The summed E-state index contributed by atoms with van der Waals surface area (Å²) in [6.45, 7) is 0.575. The van der Waals surface area contributed by atoms with Gasteiger partial charge in [0.25, 0.3) is 0 Å². The molecule has 0 radical (unpaired) electrons. The standard InChI is InChI=1S/C13H14N2O2S/c1-18-9-8-17-13-14-7-6-11(15-13)10-4-2-3-5-12(10)16/h2-7,16H,8-9H2,1H3. The molecule has 0 amide bonds. The molecule has 1 aromatic heterocycles. The van der Waals surface area contributed by atoms with Crippen molar-refractivity contribution in [3.63, 3.8) is 0 Å². The molecule has 0 fully saturated rings. The minimum atomic E-state index is 0.200. The van der Waals surface area contributed by atoms with Crippen molar-refractivity contribution in [3.8, 4) is 23.0 Å². The highest BCUT2D eigenvalue weighted by molar-refractivity contribution is 7.98. The number of aromatic hydroxyl groups is 1. The molecule has 1 N–H and O–H groups in total. The predicted octanol–water partition coefficient (Wildman–Crippen LogP) is 2.59. The molecule has 4 nitrogen and oxygen atoms in total. The van der Waals surface area contributed by atoms with Crippen LogP contribution < -0.4 is 4.74 Å². The van der Waals surface area contributed by atoms with Gasteiger partial charge in [0.1, 0.15) is 12.4 Å². The molecule has 0 aliphatic rings. The van der Waals surface area contributed by atoms with Gasteiger partial charge in [0, 0.05) is 17.5 Å². The van der Waals surface area contributed by atoms with E-state index >= 15 is 0 Å². The number of hydrogen-bond acceptors (Lipinski definition) is 5. The number of hydrogen-bond donors (Lipinski definition) is 1. The summed E-state index contributed by atoms with van der Waals surface area (Å²) in [7, 11) is 0. The van der Waals surface area contributed by atoms with Crippen LogP contribution in [0.1, 0.15) is 0 Å². The summed E-state index contributed by atoms with van der Waals surface area (Å²) in [5.41, 5.74) is 1.33. The summed E-state index contributed by atoms with van der Waals surface area (Å²) < 4.78 is 5.42. The highest BCUT2D eigenvalue weighted by Crippen LogP contribution is 2.27. The van der Waals surface area contributed by atoms with E-state index in [-0.39, 0.29) is 5.75 Å². The fourth-order valence-corrected chi connectivity index (χ4v) is 1.72. The van der Waals surface area contributed by atoms with Crippen molar-refractivity contribution < 1.29 is 9.84 Å². The Morgan fingerprint density at radius 1 is 1.28 bits per heavy atom. The molecule has 0 aliphatic heterocycles. The van der Waals surface area contributed by atoms with Crippen LogP contribution in [0.25, 0.3) is 11.3 Å². The van der Waals surface area contributed by atoms with Gasteiger partial charge < -0.3 is 9.84 Å². The Morgan fingerprint density at radius 3 is 2.89 bits per heavy atom. The molecule has 0 bridgehead atoms. The predicted molar refractivity (Wildman–Crippen MR) is 73.0 cm³/mol. The molecule has 0 saturated carbocycles.